The van der Waals surface area contributed by atoms with Crippen LogP contribution in [0, 0.1) is 6.92 Å². The normalized spacial score (nSPS) is 19.0. The Labute approximate surface area is 127 Å². The molecule has 1 unspecified atom stereocenters. The average molecular weight is 309 g/mol. The molecule has 1 aliphatic rings. The van der Waals surface area contributed by atoms with Gasteiger partial charge in [0.05, 0.1) is 24.5 Å². The molecular formula is C14H17ClN4O2. The summed E-state index contributed by atoms with van der Waals surface area (Å²) in [6.45, 7) is 3.28. The summed E-state index contributed by atoms with van der Waals surface area (Å²) >= 11 is 5.93. The minimum absolute atomic E-state index is 0.0630. The van der Waals surface area contributed by atoms with E-state index in [2.05, 4.69) is 14.7 Å². The topological polar surface area (TPSA) is 64.2 Å². The van der Waals surface area contributed by atoms with Crippen LogP contribution in [0.3, 0.4) is 0 Å². The average Bonchev–Trinajstić information content (AvgIpc) is 3.13. The van der Waals surface area contributed by atoms with Gasteiger partial charge in [0, 0.05) is 31.0 Å². The predicted octanol–water partition coefficient (Wildman–Crippen LogP) is 2.24. The lowest BCUT2D eigenvalue weighted by atomic mass is 10.0. The quantitative estimate of drug-likeness (QED) is 0.872. The molecule has 3 heterocycles. The van der Waals surface area contributed by atoms with E-state index in [4.69, 9.17) is 16.1 Å². The lowest BCUT2D eigenvalue weighted by Gasteiger charge is -2.33. The molecule has 0 aliphatic carbocycles. The maximum absolute atomic E-state index is 12.5. The number of likely N-dealkylation sites (tertiary alicyclic amines) is 1. The Balaban J connectivity index is 1.67. The standard InChI is InChI=1S/C14H17ClN4O2/c1-10-12(14(15)21-17-10)7-13(20)18-5-2-3-11(8-18)19-6-4-16-9-19/h4,6,9,11H,2-3,5,7-8H2,1H3. The van der Waals surface area contributed by atoms with Crippen LogP contribution >= 0.6 is 11.6 Å². The van der Waals surface area contributed by atoms with E-state index >= 15 is 0 Å². The van der Waals surface area contributed by atoms with Gasteiger partial charge in [-0.1, -0.05) is 5.16 Å². The SMILES string of the molecule is Cc1noc(Cl)c1CC(=O)N1CCCC(n2ccnc2)C1. The number of aryl methyl sites for hydroxylation is 1. The van der Waals surface area contributed by atoms with E-state index in [1.54, 1.807) is 19.4 Å². The highest BCUT2D eigenvalue weighted by molar-refractivity contribution is 6.29. The molecule has 1 atom stereocenters. The molecule has 0 aromatic carbocycles. The Morgan fingerprint density at radius 3 is 3.10 bits per heavy atom. The van der Waals surface area contributed by atoms with Crippen LogP contribution in [0.5, 0.6) is 0 Å². The maximum Gasteiger partial charge on any atom is 0.229 e. The first-order valence-electron chi connectivity index (χ1n) is 7.01. The fraction of sp³-hybridized carbons (Fsp3) is 0.500. The predicted molar refractivity (Wildman–Crippen MR) is 77.0 cm³/mol. The van der Waals surface area contributed by atoms with Crippen LogP contribution in [0.2, 0.25) is 5.22 Å². The lowest BCUT2D eigenvalue weighted by Crippen LogP contribution is -2.41. The number of hydrogen-bond acceptors (Lipinski definition) is 4. The third-order valence-corrected chi connectivity index (χ3v) is 4.26. The summed E-state index contributed by atoms with van der Waals surface area (Å²) in [6.07, 6.45) is 7.81. The summed E-state index contributed by atoms with van der Waals surface area (Å²) in [5.74, 6) is 0.0630. The largest absolute Gasteiger partial charge is 0.344 e. The van der Waals surface area contributed by atoms with E-state index in [0.29, 0.717) is 23.8 Å². The maximum atomic E-state index is 12.5. The Hall–Kier alpha value is -1.82. The molecular weight excluding hydrogens is 292 g/mol. The third kappa shape index (κ3) is 2.95. The van der Waals surface area contributed by atoms with Crippen molar-refractivity contribution in [3.05, 3.63) is 35.2 Å². The molecule has 1 saturated heterocycles. The lowest BCUT2D eigenvalue weighted by molar-refractivity contribution is -0.132. The minimum atomic E-state index is 0.0630. The zero-order chi connectivity index (χ0) is 14.8. The van der Waals surface area contributed by atoms with Crippen LogP contribution in [0.1, 0.15) is 30.1 Å². The van der Waals surface area contributed by atoms with Crippen LogP contribution in [-0.4, -0.2) is 38.6 Å². The minimum Gasteiger partial charge on any atom is -0.344 e. The van der Waals surface area contributed by atoms with Crippen LogP contribution < -0.4 is 0 Å². The highest BCUT2D eigenvalue weighted by Crippen LogP contribution is 2.24. The van der Waals surface area contributed by atoms with Crippen molar-refractivity contribution in [2.75, 3.05) is 13.1 Å². The molecule has 0 bridgehead atoms. The number of nitrogens with zero attached hydrogens (tertiary/aromatic N) is 4. The van der Waals surface area contributed by atoms with E-state index in [0.717, 1.165) is 19.4 Å². The number of carbonyl (C=O) groups excluding carboxylic acids is 1. The zero-order valence-corrected chi connectivity index (χ0v) is 12.6. The van der Waals surface area contributed by atoms with Crippen molar-refractivity contribution in [1.82, 2.24) is 19.6 Å². The Kier molecular flexibility index (Phi) is 3.96. The number of halogens is 1. The molecule has 0 N–H and O–H groups in total. The van der Waals surface area contributed by atoms with Gasteiger partial charge in [-0.3, -0.25) is 4.79 Å². The first kappa shape index (κ1) is 14.1. The number of hydrogen-bond donors (Lipinski definition) is 0. The van der Waals surface area contributed by atoms with Gasteiger partial charge in [-0.15, -0.1) is 0 Å². The summed E-state index contributed by atoms with van der Waals surface area (Å²) in [5.41, 5.74) is 1.36. The van der Waals surface area contributed by atoms with Gasteiger partial charge < -0.3 is 14.0 Å². The van der Waals surface area contributed by atoms with Crippen molar-refractivity contribution >= 4 is 17.5 Å². The molecule has 0 spiro atoms. The number of rotatable bonds is 3. The van der Waals surface area contributed by atoms with E-state index < -0.39 is 0 Å². The first-order valence-corrected chi connectivity index (χ1v) is 7.39. The highest BCUT2D eigenvalue weighted by atomic mass is 35.5. The fourth-order valence-corrected chi connectivity index (χ4v) is 2.97. The summed E-state index contributed by atoms with van der Waals surface area (Å²) in [7, 11) is 0. The molecule has 6 nitrogen and oxygen atoms in total. The number of piperidine rings is 1. The highest BCUT2D eigenvalue weighted by Gasteiger charge is 2.26. The van der Waals surface area contributed by atoms with Crippen LogP contribution in [0.25, 0.3) is 0 Å². The van der Waals surface area contributed by atoms with Crippen molar-refractivity contribution in [2.24, 2.45) is 0 Å². The fourth-order valence-electron chi connectivity index (χ4n) is 2.73. The van der Waals surface area contributed by atoms with Crippen LogP contribution in [-0.2, 0) is 11.2 Å². The molecule has 112 valence electrons. The van der Waals surface area contributed by atoms with Crippen molar-refractivity contribution in [1.29, 1.82) is 0 Å². The van der Waals surface area contributed by atoms with Crippen LogP contribution in [0.4, 0.5) is 0 Å². The molecule has 1 amide bonds. The van der Waals surface area contributed by atoms with E-state index in [9.17, 15) is 4.79 Å². The third-order valence-electron chi connectivity index (χ3n) is 3.96. The van der Waals surface area contributed by atoms with Gasteiger partial charge in [0.25, 0.3) is 0 Å². The van der Waals surface area contributed by atoms with Gasteiger partial charge in [0.1, 0.15) is 0 Å². The Morgan fingerprint density at radius 1 is 1.57 bits per heavy atom. The summed E-state index contributed by atoms with van der Waals surface area (Å²) in [6, 6.07) is 0.296. The van der Waals surface area contributed by atoms with Gasteiger partial charge in [-0.05, 0) is 31.4 Å². The Morgan fingerprint density at radius 2 is 2.43 bits per heavy atom. The van der Waals surface area contributed by atoms with Gasteiger partial charge in [-0.2, -0.15) is 0 Å². The number of aromatic nitrogens is 3. The molecule has 2 aromatic rings. The van der Waals surface area contributed by atoms with Gasteiger partial charge in [0.2, 0.25) is 11.1 Å². The molecule has 1 aliphatic heterocycles. The summed E-state index contributed by atoms with van der Waals surface area (Å²) in [4.78, 5) is 18.4. The van der Waals surface area contributed by atoms with E-state index in [1.807, 2.05) is 11.1 Å². The van der Waals surface area contributed by atoms with Crippen LogP contribution in [0.15, 0.2) is 23.2 Å². The van der Waals surface area contributed by atoms with Crippen molar-refractivity contribution < 1.29 is 9.32 Å². The molecule has 2 aromatic heterocycles. The van der Waals surface area contributed by atoms with Crippen molar-refractivity contribution in [2.45, 2.75) is 32.2 Å². The van der Waals surface area contributed by atoms with E-state index in [1.165, 1.54) is 0 Å². The van der Waals surface area contributed by atoms with Gasteiger partial charge >= 0.3 is 0 Å². The number of amides is 1. The second kappa shape index (κ2) is 5.89. The van der Waals surface area contributed by atoms with Crippen molar-refractivity contribution in [3.8, 4) is 0 Å². The van der Waals surface area contributed by atoms with E-state index in [-0.39, 0.29) is 17.5 Å². The molecule has 3 rings (SSSR count). The molecule has 0 radical (unpaired) electrons. The summed E-state index contributed by atoms with van der Waals surface area (Å²) < 4.78 is 6.96. The molecule has 0 saturated carbocycles. The molecule has 7 heteroatoms. The second-order valence-corrected chi connectivity index (χ2v) is 5.69. The Bertz CT molecular complexity index is 603. The smallest absolute Gasteiger partial charge is 0.229 e. The molecule has 1 fully saturated rings. The first-order chi connectivity index (χ1) is 10.1. The number of imidazole rings is 1. The monoisotopic (exact) mass is 308 g/mol. The van der Waals surface area contributed by atoms with Gasteiger partial charge in [-0.25, -0.2) is 4.98 Å². The van der Waals surface area contributed by atoms with Crippen molar-refractivity contribution in [3.63, 3.8) is 0 Å². The number of carbonyl (C=O) groups is 1. The van der Waals surface area contributed by atoms with Gasteiger partial charge in [0.15, 0.2) is 0 Å². The zero-order valence-electron chi connectivity index (χ0n) is 11.8. The molecule has 21 heavy (non-hydrogen) atoms. The second-order valence-electron chi connectivity index (χ2n) is 5.34. The summed E-state index contributed by atoms with van der Waals surface area (Å²) in [5, 5.41) is 3.99.